The van der Waals surface area contributed by atoms with E-state index in [0.29, 0.717) is 6.08 Å². The zero-order valence-corrected chi connectivity index (χ0v) is 6.70. The van der Waals surface area contributed by atoms with Crippen molar-refractivity contribution >= 4 is 22.4 Å². The molecule has 0 atom stereocenters. The summed E-state index contributed by atoms with van der Waals surface area (Å²) < 4.78 is 39.6. The van der Waals surface area contributed by atoms with Crippen molar-refractivity contribution in [2.75, 3.05) is 6.61 Å². The maximum absolute atomic E-state index is 12.1. The van der Waals surface area contributed by atoms with Crippen molar-refractivity contribution in [1.29, 1.82) is 0 Å². The van der Waals surface area contributed by atoms with Gasteiger partial charge in [-0.05, 0) is 22.0 Å². The van der Waals surface area contributed by atoms with Gasteiger partial charge < -0.3 is 4.74 Å². The molecule has 0 spiro atoms. The van der Waals surface area contributed by atoms with Crippen LogP contribution in [0.4, 0.5) is 13.2 Å². The molecular weight excluding hydrogens is 229 g/mol. The number of allylic oxidation sites excluding steroid dienone is 1. The number of ether oxygens (including phenoxy) is 1. The van der Waals surface area contributed by atoms with Gasteiger partial charge in [-0.3, -0.25) is 0 Å². The van der Waals surface area contributed by atoms with E-state index in [1.165, 1.54) is 0 Å². The second-order valence-electron chi connectivity index (χ2n) is 1.44. The molecule has 0 amide bonds. The summed E-state index contributed by atoms with van der Waals surface area (Å²) in [5.41, 5.74) is 0. The van der Waals surface area contributed by atoms with Gasteiger partial charge in [-0.1, -0.05) is 0 Å². The van der Waals surface area contributed by atoms with E-state index in [2.05, 4.69) is 4.74 Å². The lowest BCUT2D eigenvalue weighted by molar-refractivity contribution is 0.125. The van der Waals surface area contributed by atoms with Crippen molar-refractivity contribution in [3.63, 3.8) is 0 Å². The topological polar surface area (TPSA) is 26.3 Å². The third-order valence-electron chi connectivity index (χ3n) is 0.676. The fraction of sp³-hybridized carbons (Fsp3) is 0.400. The highest BCUT2D eigenvalue weighted by atomic mass is 79.9. The molecule has 0 saturated heterocycles. The molecule has 1 radical (unpaired) electrons. The van der Waals surface area contributed by atoms with Gasteiger partial charge in [-0.25, -0.2) is 9.18 Å². The Balaban J connectivity index is 3.90. The van der Waals surface area contributed by atoms with Crippen molar-refractivity contribution in [2.24, 2.45) is 0 Å². The Morgan fingerprint density at radius 1 is 1.73 bits per heavy atom. The number of hydrogen-bond acceptors (Lipinski definition) is 2. The summed E-state index contributed by atoms with van der Waals surface area (Å²) in [7, 11) is 0. The minimum absolute atomic E-state index is 0.430. The molecule has 11 heavy (non-hydrogen) atoms. The molecule has 0 aliphatic carbocycles. The Morgan fingerprint density at radius 3 is 2.64 bits per heavy atom. The Bertz CT molecular complexity index is 164. The van der Waals surface area contributed by atoms with Crippen molar-refractivity contribution < 1.29 is 22.7 Å². The first-order chi connectivity index (χ1) is 4.98. The average Bonchev–Trinajstić information content (AvgIpc) is 1.86. The molecule has 0 aliphatic heterocycles. The standard InChI is InChI=1S/C5H3BrF3O2/c6-5(8,9)4(7)1-2-11-3-10/h1H,2H2/b4-1-. The van der Waals surface area contributed by atoms with Crippen LogP contribution in [-0.2, 0) is 9.53 Å². The molecule has 0 aromatic carbocycles. The first-order valence-corrected chi connectivity index (χ1v) is 3.19. The van der Waals surface area contributed by atoms with Gasteiger partial charge in [0.2, 0.25) is 0 Å². The Labute approximate surface area is 69.1 Å². The van der Waals surface area contributed by atoms with Gasteiger partial charge in [0.15, 0.2) is 5.83 Å². The average molecular weight is 232 g/mol. The maximum Gasteiger partial charge on any atom is 0.417 e. The molecule has 0 bridgehead atoms. The number of halogens is 4. The van der Waals surface area contributed by atoms with Gasteiger partial charge in [0.1, 0.15) is 6.61 Å². The molecule has 0 rings (SSSR count). The minimum atomic E-state index is -3.70. The monoisotopic (exact) mass is 231 g/mol. The van der Waals surface area contributed by atoms with Crippen molar-refractivity contribution in [1.82, 2.24) is 0 Å². The van der Waals surface area contributed by atoms with E-state index < -0.39 is 17.3 Å². The zero-order chi connectivity index (χ0) is 8.91. The molecule has 2 nitrogen and oxygen atoms in total. The van der Waals surface area contributed by atoms with E-state index in [4.69, 9.17) is 0 Å². The molecule has 0 aromatic rings. The van der Waals surface area contributed by atoms with Crippen molar-refractivity contribution in [3.8, 4) is 0 Å². The Kier molecular flexibility index (Phi) is 4.17. The summed E-state index contributed by atoms with van der Waals surface area (Å²) in [5.74, 6) is -1.70. The summed E-state index contributed by atoms with van der Waals surface area (Å²) in [4.78, 5) is 5.64. The molecular formula is C5H3BrF3O2. The van der Waals surface area contributed by atoms with Gasteiger partial charge in [0, 0.05) is 0 Å². The van der Waals surface area contributed by atoms with E-state index in [1.54, 1.807) is 15.9 Å². The van der Waals surface area contributed by atoms with Crippen LogP contribution < -0.4 is 0 Å². The Morgan fingerprint density at radius 2 is 2.27 bits per heavy atom. The van der Waals surface area contributed by atoms with Crippen LogP contribution in [0.5, 0.6) is 0 Å². The molecule has 6 heteroatoms. The molecule has 0 saturated carbocycles. The van der Waals surface area contributed by atoms with Crippen LogP contribution in [0.3, 0.4) is 0 Å². The lowest BCUT2D eigenvalue weighted by Gasteiger charge is -2.03. The van der Waals surface area contributed by atoms with Gasteiger partial charge >= 0.3 is 11.3 Å². The van der Waals surface area contributed by atoms with Crippen molar-refractivity contribution in [3.05, 3.63) is 11.9 Å². The number of carbonyl (C=O) groups excluding carboxylic acids is 1. The van der Waals surface area contributed by atoms with Crippen molar-refractivity contribution in [2.45, 2.75) is 4.83 Å². The molecule has 0 fully saturated rings. The summed E-state index contributed by atoms with van der Waals surface area (Å²) in [5, 5.41) is 0. The molecule has 0 heterocycles. The largest absolute Gasteiger partial charge is 0.453 e. The van der Waals surface area contributed by atoms with Crippen LogP contribution in [0.1, 0.15) is 0 Å². The van der Waals surface area contributed by atoms with Crippen LogP contribution in [0.15, 0.2) is 11.9 Å². The second-order valence-corrected chi connectivity index (χ2v) is 2.44. The van der Waals surface area contributed by atoms with E-state index in [0.717, 1.165) is 6.47 Å². The van der Waals surface area contributed by atoms with E-state index in [-0.39, 0.29) is 0 Å². The fourth-order valence-corrected chi connectivity index (χ4v) is 0.426. The first kappa shape index (κ1) is 10.5. The lowest BCUT2D eigenvalue weighted by Crippen LogP contribution is -2.06. The summed E-state index contributed by atoms with van der Waals surface area (Å²) in [6, 6.07) is 0. The van der Waals surface area contributed by atoms with Crippen LogP contribution in [0.25, 0.3) is 0 Å². The van der Waals surface area contributed by atoms with Crippen LogP contribution in [-0.4, -0.2) is 17.9 Å². The molecule has 63 valence electrons. The number of hydrogen-bond donors (Lipinski definition) is 0. The van der Waals surface area contributed by atoms with Gasteiger partial charge in [0.25, 0.3) is 0 Å². The lowest BCUT2D eigenvalue weighted by atomic mass is 10.5. The summed E-state index contributed by atoms with van der Waals surface area (Å²) >= 11 is 1.77. The molecule has 0 aliphatic rings. The second kappa shape index (κ2) is 4.38. The third-order valence-corrected chi connectivity index (χ3v) is 1.05. The minimum Gasteiger partial charge on any atom is -0.453 e. The maximum atomic E-state index is 12.1. The summed E-state index contributed by atoms with van der Waals surface area (Å²) in [6.07, 6.45) is 0.430. The number of rotatable bonds is 4. The highest BCUT2D eigenvalue weighted by molar-refractivity contribution is 9.10. The number of alkyl halides is 3. The van der Waals surface area contributed by atoms with Crippen LogP contribution in [0.2, 0.25) is 0 Å². The van der Waals surface area contributed by atoms with Crippen LogP contribution >= 0.6 is 15.9 Å². The van der Waals surface area contributed by atoms with Gasteiger partial charge in [-0.15, -0.1) is 0 Å². The normalized spacial score (nSPS) is 12.9. The van der Waals surface area contributed by atoms with Crippen LogP contribution in [0, 0.1) is 0 Å². The van der Waals surface area contributed by atoms with Gasteiger partial charge in [-0.2, -0.15) is 8.78 Å². The molecule has 0 N–H and O–H groups in total. The highest BCUT2D eigenvalue weighted by Gasteiger charge is 2.30. The zero-order valence-electron chi connectivity index (χ0n) is 5.11. The van der Waals surface area contributed by atoms with E-state index >= 15 is 0 Å². The smallest absolute Gasteiger partial charge is 0.417 e. The Hall–Kier alpha value is -0.520. The van der Waals surface area contributed by atoms with E-state index in [9.17, 15) is 18.0 Å². The molecule has 0 unspecified atom stereocenters. The predicted molar refractivity (Wildman–Crippen MR) is 34.7 cm³/mol. The SMILES string of the molecule is O=[C]OC/C=C(\F)C(F)(F)Br. The quantitative estimate of drug-likeness (QED) is 0.546. The third kappa shape index (κ3) is 4.83. The fourth-order valence-electron chi connectivity index (χ4n) is 0.265. The highest BCUT2D eigenvalue weighted by Crippen LogP contribution is 2.31. The molecule has 0 aromatic heterocycles. The summed E-state index contributed by atoms with van der Waals surface area (Å²) in [6.45, 7) is 0.394. The van der Waals surface area contributed by atoms with E-state index in [1.807, 2.05) is 0 Å². The first-order valence-electron chi connectivity index (χ1n) is 2.40. The predicted octanol–water partition coefficient (Wildman–Crippen LogP) is 1.91. The van der Waals surface area contributed by atoms with Gasteiger partial charge in [0.05, 0.1) is 0 Å².